The summed E-state index contributed by atoms with van der Waals surface area (Å²) in [5, 5.41) is 0. The number of carbonyl (C=O) groups excluding carboxylic acids is 1. The summed E-state index contributed by atoms with van der Waals surface area (Å²) < 4.78 is 0.846. The van der Waals surface area contributed by atoms with E-state index in [1.807, 2.05) is 11.0 Å². The normalized spacial score (nSPS) is 16.2. The molecule has 1 aliphatic rings. The molecule has 6 heteroatoms. The van der Waals surface area contributed by atoms with Gasteiger partial charge in [0.25, 0.3) is 0 Å². The van der Waals surface area contributed by atoms with Gasteiger partial charge in [-0.3, -0.25) is 9.69 Å². The minimum atomic E-state index is 0.312. The monoisotopic (exact) mass is 343 g/mol. The first-order chi connectivity index (χ1) is 10.7. The summed E-state index contributed by atoms with van der Waals surface area (Å²) in [6.07, 6.45) is 5.00. The molecule has 2 N–H and O–H groups in total. The van der Waals surface area contributed by atoms with Gasteiger partial charge in [0.2, 0.25) is 5.91 Å². The van der Waals surface area contributed by atoms with Crippen LogP contribution < -0.4 is 5.73 Å². The van der Waals surface area contributed by atoms with E-state index in [0.29, 0.717) is 12.3 Å². The number of rotatable bonds is 8. The number of halogens is 1. The van der Waals surface area contributed by atoms with Crippen LogP contribution in [0.15, 0.2) is 12.1 Å². The fourth-order valence-electron chi connectivity index (χ4n) is 2.74. The summed E-state index contributed by atoms with van der Waals surface area (Å²) in [5.41, 5.74) is 5.47. The lowest BCUT2D eigenvalue weighted by Crippen LogP contribution is -2.48. The zero-order valence-corrected chi connectivity index (χ0v) is 14.7. The summed E-state index contributed by atoms with van der Waals surface area (Å²) >= 11 is 7.60. The van der Waals surface area contributed by atoms with Crippen molar-refractivity contribution in [2.24, 2.45) is 5.73 Å². The molecule has 1 amide bonds. The van der Waals surface area contributed by atoms with E-state index in [-0.39, 0.29) is 0 Å². The molecule has 0 aliphatic carbocycles. The summed E-state index contributed by atoms with van der Waals surface area (Å²) in [7, 11) is 0. The Kier molecular flexibility index (Phi) is 7.66. The lowest BCUT2D eigenvalue weighted by Gasteiger charge is -2.34. The second-order valence-electron chi connectivity index (χ2n) is 5.82. The summed E-state index contributed by atoms with van der Waals surface area (Å²) in [6.45, 7) is 5.30. The molecule has 0 unspecified atom stereocenters. The van der Waals surface area contributed by atoms with Gasteiger partial charge in [0.1, 0.15) is 0 Å². The number of thiophene rings is 1. The van der Waals surface area contributed by atoms with E-state index >= 15 is 0 Å². The van der Waals surface area contributed by atoms with Gasteiger partial charge in [-0.2, -0.15) is 0 Å². The number of nitrogens with two attached hydrogens (primary N) is 1. The smallest absolute Gasteiger partial charge is 0.222 e. The molecule has 124 valence electrons. The molecule has 1 aromatic heterocycles. The number of hydrogen-bond donors (Lipinski definition) is 1. The minimum Gasteiger partial charge on any atom is -0.340 e. The van der Waals surface area contributed by atoms with Crippen LogP contribution in [-0.2, 0) is 11.3 Å². The van der Waals surface area contributed by atoms with Crippen LogP contribution in [0.2, 0.25) is 4.34 Å². The molecule has 1 aromatic rings. The number of carbonyl (C=O) groups is 1. The quantitative estimate of drug-likeness (QED) is 0.738. The highest BCUT2D eigenvalue weighted by atomic mass is 35.5. The van der Waals surface area contributed by atoms with Gasteiger partial charge in [0.05, 0.1) is 4.34 Å². The van der Waals surface area contributed by atoms with Crippen molar-refractivity contribution < 1.29 is 4.79 Å². The van der Waals surface area contributed by atoms with E-state index in [0.717, 1.165) is 69.3 Å². The zero-order chi connectivity index (χ0) is 15.8. The largest absolute Gasteiger partial charge is 0.340 e. The fourth-order valence-corrected chi connectivity index (χ4v) is 3.87. The van der Waals surface area contributed by atoms with Gasteiger partial charge >= 0.3 is 0 Å². The Bertz CT molecular complexity index is 458. The second kappa shape index (κ2) is 9.50. The molecule has 22 heavy (non-hydrogen) atoms. The number of nitrogens with zero attached hydrogens (tertiary/aromatic N) is 2. The Labute approximate surface area is 142 Å². The maximum atomic E-state index is 12.2. The summed E-state index contributed by atoms with van der Waals surface area (Å²) in [4.78, 5) is 17.9. The molecular weight excluding hydrogens is 318 g/mol. The van der Waals surface area contributed by atoms with Crippen LogP contribution in [0.1, 0.15) is 37.0 Å². The molecule has 0 aromatic carbocycles. The number of piperazine rings is 1. The predicted octanol–water partition coefficient (Wildman–Crippen LogP) is 2.95. The first-order valence-corrected chi connectivity index (χ1v) is 9.33. The standard InChI is InChI=1S/C16H26ClN3OS/c17-15-7-6-14(22-15)13-19-9-11-20(12-10-19)16(21)5-3-1-2-4-8-18/h6-7H,1-5,8-13,18H2. The van der Waals surface area contributed by atoms with Crippen molar-refractivity contribution in [3.63, 3.8) is 0 Å². The Morgan fingerprint density at radius 1 is 1.14 bits per heavy atom. The average Bonchev–Trinajstić information content (AvgIpc) is 2.93. The third kappa shape index (κ3) is 5.88. The van der Waals surface area contributed by atoms with Crippen LogP contribution in [0.5, 0.6) is 0 Å². The molecule has 1 aliphatic heterocycles. The Morgan fingerprint density at radius 3 is 2.50 bits per heavy atom. The van der Waals surface area contributed by atoms with E-state index in [1.54, 1.807) is 11.3 Å². The Balaban J connectivity index is 1.62. The topological polar surface area (TPSA) is 49.6 Å². The van der Waals surface area contributed by atoms with Crippen molar-refractivity contribution >= 4 is 28.8 Å². The molecular formula is C16H26ClN3OS. The van der Waals surface area contributed by atoms with E-state index in [4.69, 9.17) is 17.3 Å². The maximum absolute atomic E-state index is 12.2. The van der Waals surface area contributed by atoms with Gasteiger partial charge in [-0.15, -0.1) is 11.3 Å². The highest BCUT2D eigenvalue weighted by Gasteiger charge is 2.20. The van der Waals surface area contributed by atoms with Crippen LogP contribution in [0, 0.1) is 0 Å². The first-order valence-electron chi connectivity index (χ1n) is 8.13. The number of hydrogen-bond acceptors (Lipinski definition) is 4. The van der Waals surface area contributed by atoms with Crippen LogP contribution in [0.4, 0.5) is 0 Å². The maximum Gasteiger partial charge on any atom is 0.222 e. The Hall–Kier alpha value is -0.620. The lowest BCUT2D eigenvalue weighted by molar-refractivity contribution is -0.133. The van der Waals surface area contributed by atoms with Crippen LogP contribution >= 0.6 is 22.9 Å². The minimum absolute atomic E-state index is 0.312. The Morgan fingerprint density at radius 2 is 1.86 bits per heavy atom. The lowest BCUT2D eigenvalue weighted by atomic mass is 10.1. The van der Waals surface area contributed by atoms with Crippen molar-refractivity contribution in [1.29, 1.82) is 0 Å². The number of amides is 1. The van der Waals surface area contributed by atoms with Crippen LogP contribution in [-0.4, -0.2) is 48.4 Å². The third-order valence-corrected chi connectivity index (χ3v) is 5.29. The van der Waals surface area contributed by atoms with E-state index in [1.165, 1.54) is 4.88 Å². The van der Waals surface area contributed by atoms with Gasteiger partial charge in [0.15, 0.2) is 0 Å². The first kappa shape index (κ1) is 17.7. The summed E-state index contributed by atoms with van der Waals surface area (Å²) in [5.74, 6) is 0.312. The highest BCUT2D eigenvalue weighted by Crippen LogP contribution is 2.23. The van der Waals surface area contributed by atoms with Gasteiger partial charge in [-0.1, -0.05) is 24.4 Å². The van der Waals surface area contributed by atoms with Crippen LogP contribution in [0.3, 0.4) is 0 Å². The van der Waals surface area contributed by atoms with Gasteiger partial charge in [-0.25, -0.2) is 0 Å². The SMILES string of the molecule is NCCCCCCC(=O)N1CCN(Cc2ccc(Cl)s2)CC1. The number of unbranched alkanes of at least 4 members (excludes halogenated alkanes) is 3. The van der Waals surface area contributed by atoms with Gasteiger partial charge < -0.3 is 10.6 Å². The molecule has 0 spiro atoms. The van der Waals surface area contributed by atoms with Crippen molar-refractivity contribution in [2.75, 3.05) is 32.7 Å². The van der Waals surface area contributed by atoms with Gasteiger partial charge in [0, 0.05) is 44.0 Å². The fraction of sp³-hybridized carbons (Fsp3) is 0.688. The molecule has 0 radical (unpaired) electrons. The van der Waals surface area contributed by atoms with Crippen molar-refractivity contribution in [2.45, 2.75) is 38.6 Å². The van der Waals surface area contributed by atoms with E-state index in [9.17, 15) is 4.79 Å². The van der Waals surface area contributed by atoms with E-state index in [2.05, 4.69) is 11.0 Å². The molecule has 0 saturated carbocycles. The predicted molar refractivity (Wildman–Crippen MR) is 93.3 cm³/mol. The highest BCUT2D eigenvalue weighted by molar-refractivity contribution is 7.16. The zero-order valence-electron chi connectivity index (χ0n) is 13.1. The molecule has 2 heterocycles. The van der Waals surface area contributed by atoms with Gasteiger partial charge in [-0.05, 0) is 31.5 Å². The van der Waals surface area contributed by atoms with Crippen LogP contribution in [0.25, 0.3) is 0 Å². The average molecular weight is 344 g/mol. The van der Waals surface area contributed by atoms with E-state index < -0.39 is 0 Å². The van der Waals surface area contributed by atoms with Crippen molar-refractivity contribution in [3.05, 3.63) is 21.3 Å². The molecule has 0 atom stereocenters. The summed E-state index contributed by atoms with van der Waals surface area (Å²) in [6, 6.07) is 4.04. The molecule has 2 rings (SSSR count). The van der Waals surface area contributed by atoms with Crippen molar-refractivity contribution in [3.8, 4) is 0 Å². The molecule has 1 saturated heterocycles. The second-order valence-corrected chi connectivity index (χ2v) is 7.62. The molecule has 1 fully saturated rings. The molecule has 4 nitrogen and oxygen atoms in total. The molecule has 0 bridgehead atoms. The third-order valence-electron chi connectivity index (χ3n) is 4.08. The van der Waals surface area contributed by atoms with Crippen molar-refractivity contribution in [1.82, 2.24) is 9.80 Å².